The maximum absolute atomic E-state index is 11.4. The van der Waals surface area contributed by atoms with Crippen molar-refractivity contribution in [2.75, 3.05) is 0 Å². The van der Waals surface area contributed by atoms with Crippen LogP contribution in [0.3, 0.4) is 0 Å². The second kappa shape index (κ2) is 5.64. The van der Waals surface area contributed by atoms with Crippen molar-refractivity contribution in [2.24, 2.45) is 0 Å². The van der Waals surface area contributed by atoms with E-state index in [-0.39, 0.29) is 17.9 Å². The number of Topliss-reactive ketones (excluding diaryl/α,β-unsaturated/α-hetero) is 1. The molecule has 0 amide bonds. The topological polar surface area (TPSA) is 43.4 Å². The molecule has 0 bridgehead atoms. The van der Waals surface area contributed by atoms with Crippen LogP contribution in [0.4, 0.5) is 0 Å². The Morgan fingerprint density at radius 2 is 2.12 bits per heavy atom. The molecule has 3 heteroatoms. The molecular formula is C13H18O3. The third-order valence-electron chi connectivity index (χ3n) is 2.35. The van der Waals surface area contributed by atoms with Gasteiger partial charge in [0.1, 0.15) is 11.9 Å². The fourth-order valence-corrected chi connectivity index (χ4v) is 1.64. The molecule has 0 aliphatic carbocycles. The lowest BCUT2D eigenvalue weighted by atomic mass is 10.1. The summed E-state index contributed by atoms with van der Waals surface area (Å²) in [7, 11) is 0. The van der Waals surface area contributed by atoms with Gasteiger partial charge in [-0.25, -0.2) is 4.79 Å². The summed E-state index contributed by atoms with van der Waals surface area (Å²) >= 11 is 0. The van der Waals surface area contributed by atoms with Gasteiger partial charge in [0.05, 0.1) is 0 Å². The molecule has 1 aliphatic heterocycles. The Labute approximate surface area is 96.2 Å². The standard InChI is InChI=1S/C13H18O3/c1-9(2)7-12-8-11(13(15)16-12)6-4-5-10(3)14/h6-7,12H,4-5,8H2,1-3H3. The predicted octanol–water partition coefficient (Wildman–Crippen LogP) is 2.56. The minimum absolute atomic E-state index is 0.124. The zero-order valence-corrected chi connectivity index (χ0v) is 10.1. The van der Waals surface area contributed by atoms with Crippen LogP contribution in [0.25, 0.3) is 0 Å². The second-order valence-corrected chi connectivity index (χ2v) is 4.36. The molecule has 88 valence electrons. The van der Waals surface area contributed by atoms with Gasteiger partial charge in [-0.1, -0.05) is 11.6 Å². The number of hydrogen-bond donors (Lipinski definition) is 0. The SMILES string of the molecule is CC(=O)CCC=C1CC(C=C(C)C)OC1=O. The quantitative estimate of drug-likeness (QED) is 0.417. The van der Waals surface area contributed by atoms with Crippen molar-refractivity contribution >= 4 is 11.8 Å². The molecule has 0 radical (unpaired) electrons. The molecule has 1 saturated heterocycles. The normalized spacial score (nSPS) is 22.1. The lowest BCUT2D eigenvalue weighted by Crippen LogP contribution is -2.02. The summed E-state index contributed by atoms with van der Waals surface area (Å²) in [6.07, 6.45) is 5.39. The highest BCUT2D eigenvalue weighted by atomic mass is 16.5. The fraction of sp³-hybridized carbons (Fsp3) is 0.538. The number of cyclic esters (lactones) is 1. The Balaban J connectivity index is 2.54. The Morgan fingerprint density at radius 3 is 2.69 bits per heavy atom. The summed E-state index contributed by atoms with van der Waals surface area (Å²) in [5.74, 6) is -0.102. The van der Waals surface area contributed by atoms with Gasteiger partial charge in [-0.3, -0.25) is 0 Å². The summed E-state index contributed by atoms with van der Waals surface area (Å²) in [6, 6.07) is 0. The van der Waals surface area contributed by atoms with E-state index in [1.165, 1.54) is 0 Å². The highest BCUT2D eigenvalue weighted by Crippen LogP contribution is 2.22. The second-order valence-electron chi connectivity index (χ2n) is 4.36. The van der Waals surface area contributed by atoms with Crippen molar-refractivity contribution in [1.29, 1.82) is 0 Å². The van der Waals surface area contributed by atoms with E-state index in [0.29, 0.717) is 24.8 Å². The molecule has 1 unspecified atom stereocenters. The molecule has 0 spiro atoms. The molecule has 3 nitrogen and oxygen atoms in total. The number of esters is 1. The van der Waals surface area contributed by atoms with Crippen molar-refractivity contribution in [1.82, 2.24) is 0 Å². The molecular weight excluding hydrogens is 204 g/mol. The zero-order chi connectivity index (χ0) is 12.1. The smallest absolute Gasteiger partial charge is 0.334 e. The first-order valence-electron chi connectivity index (χ1n) is 5.53. The summed E-state index contributed by atoms with van der Waals surface area (Å²) in [6.45, 7) is 5.51. The van der Waals surface area contributed by atoms with Crippen molar-refractivity contribution in [3.05, 3.63) is 23.3 Å². The fourth-order valence-electron chi connectivity index (χ4n) is 1.64. The van der Waals surface area contributed by atoms with Crippen molar-refractivity contribution < 1.29 is 14.3 Å². The average molecular weight is 222 g/mol. The van der Waals surface area contributed by atoms with Crippen molar-refractivity contribution in [2.45, 2.75) is 46.1 Å². The van der Waals surface area contributed by atoms with E-state index >= 15 is 0 Å². The number of hydrogen-bond acceptors (Lipinski definition) is 3. The van der Waals surface area contributed by atoms with Crippen molar-refractivity contribution in [3.63, 3.8) is 0 Å². The average Bonchev–Trinajstić information content (AvgIpc) is 2.45. The Kier molecular flexibility index (Phi) is 4.47. The van der Waals surface area contributed by atoms with Crippen molar-refractivity contribution in [3.8, 4) is 0 Å². The number of carbonyl (C=O) groups is 2. The lowest BCUT2D eigenvalue weighted by molar-refractivity contribution is -0.137. The molecule has 0 aromatic carbocycles. The van der Waals surface area contributed by atoms with E-state index in [1.54, 1.807) is 6.92 Å². The van der Waals surface area contributed by atoms with E-state index in [4.69, 9.17) is 4.74 Å². The third kappa shape index (κ3) is 4.01. The van der Waals surface area contributed by atoms with Gasteiger partial charge in [-0.15, -0.1) is 0 Å². The van der Waals surface area contributed by atoms with Gasteiger partial charge >= 0.3 is 5.97 Å². The van der Waals surface area contributed by atoms with Crippen LogP contribution < -0.4 is 0 Å². The molecule has 0 saturated carbocycles. The van der Waals surface area contributed by atoms with E-state index in [2.05, 4.69) is 0 Å². The molecule has 1 heterocycles. The van der Waals surface area contributed by atoms with Crippen LogP contribution in [0.15, 0.2) is 23.3 Å². The van der Waals surface area contributed by atoms with E-state index in [9.17, 15) is 9.59 Å². The molecule has 1 atom stereocenters. The zero-order valence-electron chi connectivity index (χ0n) is 10.1. The number of carbonyl (C=O) groups excluding carboxylic acids is 2. The maximum Gasteiger partial charge on any atom is 0.334 e. The van der Waals surface area contributed by atoms with Gasteiger partial charge in [-0.05, 0) is 33.3 Å². The Bertz CT molecular complexity index is 346. The lowest BCUT2D eigenvalue weighted by Gasteiger charge is -2.01. The molecule has 0 N–H and O–H groups in total. The Hall–Kier alpha value is -1.38. The first-order valence-corrected chi connectivity index (χ1v) is 5.53. The van der Waals surface area contributed by atoms with Crippen LogP contribution in [-0.2, 0) is 14.3 Å². The van der Waals surface area contributed by atoms with E-state index < -0.39 is 0 Å². The minimum atomic E-state index is -0.244. The molecule has 0 aromatic rings. The number of ketones is 1. The van der Waals surface area contributed by atoms with E-state index in [0.717, 1.165) is 5.57 Å². The number of rotatable bonds is 4. The monoisotopic (exact) mass is 222 g/mol. The van der Waals surface area contributed by atoms with Crippen LogP contribution in [-0.4, -0.2) is 17.9 Å². The Morgan fingerprint density at radius 1 is 1.44 bits per heavy atom. The van der Waals surface area contributed by atoms with Gasteiger partial charge in [0, 0.05) is 18.4 Å². The highest BCUT2D eigenvalue weighted by molar-refractivity contribution is 5.91. The summed E-state index contributed by atoms with van der Waals surface area (Å²) < 4.78 is 5.17. The molecule has 1 aliphatic rings. The van der Waals surface area contributed by atoms with Gasteiger partial charge < -0.3 is 9.53 Å². The molecule has 16 heavy (non-hydrogen) atoms. The first-order chi connectivity index (χ1) is 7.49. The molecule has 0 aromatic heterocycles. The van der Waals surface area contributed by atoms with Gasteiger partial charge in [-0.2, -0.15) is 0 Å². The summed E-state index contributed by atoms with van der Waals surface area (Å²) in [5, 5.41) is 0. The van der Waals surface area contributed by atoms with Crippen LogP contribution in [0.5, 0.6) is 0 Å². The van der Waals surface area contributed by atoms with Gasteiger partial charge in [0.2, 0.25) is 0 Å². The minimum Gasteiger partial charge on any atom is -0.454 e. The number of ether oxygens (including phenoxy) is 1. The largest absolute Gasteiger partial charge is 0.454 e. The highest BCUT2D eigenvalue weighted by Gasteiger charge is 2.26. The number of allylic oxidation sites excluding steroid dienone is 2. The van der Waals surface area contributed by atoms with Gasteiger partial charge in [0.25, 0.3) is 0 Å². The molecule has 1 fully saturated rings. The van der Waals surface area contributed by atoms with Gasteiger partial charge in [0.15, 0.2) is 0 Å². The summed E-state index contributed by atoms with van der Waals surface area (Å²) in [4.78, 5) is 22.2. The molecule has 1 rings (SSSR count). The van der Waals surface area contributed by atoms with E-state index in [1.807, 2.05) is 26.0 Å². The van der Waals surface area contributed by atoms with Crippen LogP contribution >= 0.6 is 0 Å². The maximum atomic E-state index is 11.4. The van der Waals surface area contributed by atoms with Crippen LogP contribution in [0.1, 0.15) is 40.0 Å². The first kappa shape index (κ1) is 12.7. The third-order valence-corrected chi connectivity index (χ3v) is 2.35. The van der Waals surface area contributed by atoms with Crippen LogP contribution in [0.2, 0.25) is 0 Å². The van der Waals surface area contributed by atoms with Crippen LogP contribution in [0, 0.1) is 0 Å². The summed E-state index contributed by atoms with van der Waals surface area (Å²) in [5.41, 5.74) is 1.84. The predicted molar refractivity (Wildman–Crippen MR) is 61.9 cm³/mol.